The molecule has 200 valence electrons. The van der Waals surface area contributed by atoms with Crippen LogP contribution in [0.15, 0.2) is 32.8 Å². The van der Waals surface area contributed by atoms with Crippen LogP contribution in [0.1, 0.15) is 30.9 Å². The molecule has 0 aliphatic carbocycles. The minimum absolute atomic E-state index is 0.0549. The lowest BCUT2D eigenvalue weighted by Gasteiger charge is -2.53. The number of piperazine rings is 1. The van der Waals surface area contributed by atoms with Gasteiger partial charge in [-0.05, 0) is 43.7 Å². The molecule has 4 heterocycles. The van der Waals surface area contributed by atoms with E-state index in [4.69, 9.17) is 0 Å². The Bertz CT molecular complexity index is 1460. The van der Waals surface area contributed by atoms with Gasteiger partial charge in [0.15, 0.2) is 5.41 Å². The Morgan fingerprint density at radius 2 is 1.87 bits per heavy atom. The number of benzene rings is 1. The number of nitrogens with zero attached hydrogens (tertiary/aromatic N) is 4. The molecule has 0 radical (unpaired) electrons. The topological polar surface area (TPSA) is 169 Å². The first-order chi connectivity index (χ1) is 18.1. The lowest BCUT2D eigenvalue weighted by molar-refractivity contribution is -0.147. The number of carbonyl (C=O) groups excluding carboxylic acids is 3. The Kier molecular flexibility index (Phi) is 6.39. The van der Waals surface area contributed by atoms with Crippen molar-refractivity contribution in [3.8, 4) is 5.88 Å². The summed E-state index contributed by atoms with van der Waals surface area (Å²) in [4.78, 5) is 73.4. The number of imide groups is 2. The van der Waals surface area contributed by atoms with E-state index in [1.54, 1.807) is 12.1 Å². The van der Waals surface area contributed by atoms with Crippen LogP contribution in [0.5, 0.6) is 5.88 Å². The molecule has 1 spiro atoms. The van der Waals surface area contributed by atoms with Crippen molar-refractivity contribution in [3.63, 3.8) is 0 Å². The normalized spacial score (nSPS) is 20.8. The van der Waals surface area contributed by atoms with Crippen LogP contribution in [0.25, 0.3) is 0 Å². The SMILES string of the molecule is CCCCn1c(O)c(C=Nc2ccc3c(c2)CC2(C(=O)NC(=O)NC2=O)[C@@H]2CN(C)CCN32)c(=O)[nH]c1=O. The van der Waals surface area contributed by atoms with Crippen LogP contribution in [0.3, 0.4) is 0 Å². The van der Waals surface area contributed by atoms with Crippen LogP contribution in [-0.2, 0) is 22.6 Å². The number of H-pyrrole nitrogens is 1. The van der Waals surface area contributed by atoms with E-state index in [1.165, 1.54) is 6.21 Å². The molecule has 4 N–H and O–H groups in total. The second-order valence-electron chi connectivity index (χ2n) is 9.93. The fourth-order valence-corrected chi connectivity index (χ4v) is 5.50. The number of aromatic nitrogens is 2. The van der Waals surface area contributed by atoms with Crippen molar-refractivity contribution in [2.45, 2.75) is 38.8 Å². The molecular formula is C25H29N7O6. The first-order valence-electron chi connectivity index (χ1n) is 12.5. The minimum Gasteiger partial charge on any atom is -0.494 e. The van der Waals surface area contributed by atoms with Crippen molar-refractivity contribution < 1.29 is 19.5 Å². The molecule has 3 aliphatic rings. The van der Waals surface area contributed by atoms with Gasteiger partial charge in [0.05, 0.1) is 11.7 Å². The maximum absolute atomic E-state index is 13.2. The standard InChI is InChI=1S/C25H29N7O6/c1-3-4-7-32-20(34)16(19(33)27-24(32)38)12-26-15-5-6-17-14(10-15)11-25(18-13-30(2)8-9-31(17)18)21(35)28-23(37)29-22(25)36/h5-6,10,12,18,34H,3-4,7-9,11,13H2,1-2H3,(H,27,33,38)(H2,28,29,35,36,37)/t18-/m0/s1. The zero-order valence-corrected chi connectivity index (χ0v) is 21.1. The van der Waals surface area contributed by atoms with Gasteiger partial charge in [-0.2, -0.15) is 0 Å². The van der Waals surface area contributed by atoms with Crippen molar-refractivity contribution in [1.82, 2.24) is 25.1 Å². The number of aliphatic imine (C=N–C) groups is 1. The summed E-state index contributed by atoms with van der Waals surface area (Å²) >= 11 is 0. The number of barbiturate groups is 1. The molecule has 1 atom stereocenters. The average molecular weight is 524 g/mol. The number of aromatic hydroxyl groups is 1. The van der Waals surface area contributed by atoms with E-state index < -0.39 is 46.4 Å². The third kappa shape index (κ3) is 4.08. The molecule has 13 heteroatoms. The molecule has 13 nitrogen and oxygen atoms in total. The number of fused-ring (bicyclic) bond motifs is 4. The minimum atomic E-state index is -1.51. The van der Waals surface area contributed by atoms with Crippen molar-refractivity contribution in [2.24, 2.45) is 10.4 Å². The average Bonchev–Trinajstić information content (AvgIpc) is 2.86. The first kappa shape index (κ1) is 25.4. The maximum atomic E-state index is 13.2. The number of aromatic amines is 1. The van der Waals surface area contributed by atoms with E-state index in [9.17, 15) is 29.1 Å². The highest BCUT2D eigenvalue weighted by Gasteiger charge is 2.60. The highest BCUT2D eigenvalue weighted by atomic mass is 16.3. The zero-order chi connectivity index (χ0) is 27.2. The van der Waals surface area contributed by atoms with Crippen molar-refractivity contribution in [3.05, 3.63) is 50.2 Å². The molecular weight excluding hydrogens is 494 g/mol. The predicted molar refractivity (Wildman–Crippen MR) is 138 cm³/mol. The fourth-order valence-electron chi connectivity index (χ4n) is 5.50. The molecule has 2 saturated heterocycles. The van der Waals surface area contributed by atoms with Gasteiger partial charge in [0.1, 0.15) is 5.56 Å². The van der Waals surface area contributed by atoms with Gasteiger partial charge in [-0.3, -0.25) is 39.6 Å². The molecule has 1 aromatic heterocycles. The van der Waals surface area contributed by atoms with Crippen LogP contribution >= 0.6 is 0 Å². The third-order valence-electron chi connectivity index (χ3n) is 7.54. The molecule has 38 heavy (non-hydrogen) atoms. The van der Waals surface area contributed by atoms with E-state index in [-0.39, 0.29) is 18.5 Å². The van der Waals surface area contributed by atoms with E-state index >= 15 is 0 Å². The van der Waals surface area contributed by atoms with Gasteiger partial charge < -0.3 is 14.9 Å². The van der Waals surface area contributed by atoms with Gasteiger partial charge >= 0.3 is 11.7 Å². The number of likely N-dealkylation sites (N-methyl/N-ethyl adjacent to an activating group) is 1. The van der Waals surface area contributed by atoms with Crippen LogP contribution in [0, 0.1) is 5.41 Å². The van der Waals surface area contributed by atoms with Gasteiger partial charge in [-0.15, -0.1) is 0 Å². The highest BCUT2D eigenvalue weighted by Crippen LogP contribution is 2.45. The van der Waals surface area contributed by atoms with Crippen LogP contribution < -0.4 is 26.8 Å². The Labute approximate surface area is 217 Å². The summed E-state index contributed by atoms with van der Waals surface area (Å²) in [6.45, 7) is 3.96. The summed E-state index contributed by atoms with van der Waals surface area (Å²) in [5, 5.41) is 15.1. The van der Waals surface area contributed by atoms with Crippen molar-refractivity contribution in [2.75, 3.05) is 31.6 Å². The smallest absolute Gasteiger partial charge is 0.331 e. The number of hydrogen-bond donors (Lipinski definition) is 4. The van der Waals surface area contributed by atoms with Gasteiger partial charge in [-0.1, -0.05) is 13.3 Å². The molecule has 0 unspecified atom stereocenters. The van der Waals surface area contributed by atoms with Gasteiger partial charge in [0.2, 0.25) is 17.7 Å². The van der Waals surface area contributed by atoms with Crippen molar-refractivity contribution >= 4 is 35.4 Å². The Balaban J connectivity index is 1.54. The molecule has 3 aliphatic heterocycles. The molecule has 2 aromatic rings. The summed E-state index contributed by atoms with van der Waals surface area (Å²) in [6.07, 6.45) is 2.68. The van der Waals surface area contributed by atoms with Gasteiger partial charge in [0, 0.05) is 38.1 Å². The number of anilines is 1. The summed E-state index contributed by atoms with van der Waals surface area (Å²) in [5.74, 6) is -1.74. The number of rotatable bonds is 5. The number of hydrogen-bond acceptors (Lipinski definition) is 9. The second-order valence-corrected chi connectivity index (χ2v) is 9.93. The summed E-state index contributed by atoms with van der Waals surface area (Å²) < 4.78 is 1.10. The number of urea groups is 1. The third-order valence-corrected chi connectivity index (χ3v) is 7.54. The van der Waals surface area contributed by atoms with Crippen LogP contribution in [0.2, 0.25) is 0 Å². The Morgan fingerprint density at radius 1 is 1.13 bits per heavy atom. The fraction of sp³-hybridized carbons (Fsp3) is 0.440. The first-order valence-corrected chi connectivity index (χ1v) is 12.5. The van der Waals surface area contributed by atoms with Crippen LogP contribution in [0.4, 0.5) is 16.2 Å². The number of amides is 4. The maximum Gasteiger partial charge on any atom is 0.331 e. The Morgan fingerprint density at radius 3 is 2.58 bits per heavy atom. The summed E-state index contributed by atoms with van der Waals surface area (Å²) in [6, 6.07) is 4.00. The summed E-state index contributed by atoms with van der Waals surface area (Å²) in [5.41, 5.74) is -1.15. The lowest BCUT2D eigenvalue weighted by atomic mass is 9.68. The van der Waals surface area contributed by atoms with E-state index in [0.717, 1.165) is 23.2 Å². The largest absolute Gasteiger partial charge is 0.494 e. The van der Waals surface area contributed by atoms with E-state index in [2.05, 4.69) is 20.6 Å². The molecule has 1 aromatic carbocycles. The number of nitrogens with one attached hydrogen (secondary N) is 3. The quantitative estimate of drug-likeness (QED) is 0.309. The zero-order valence-electron chi connectivity index (χ0n) is 21.1. The van der Waals surface area contributed by atoms with Gasteiger partial charge in [-0.25, -0.2) is 9.59 Å². The predicted octanol–water partition coefficient (Wildman–Crippen LogP) is -0.178. The summed E-state index contributed by atoms with van der Waals surface area (Å²) in [7, 11) is 1.92. The lowest BCUT2D eigenvalue weighted by Crippen LogP contribution is -2.74. The van der Waals surface area contributed by atoms with E-state index in [1.807, 2.05) is 29.8 Å². The molecule has 5 rings (SSSR count). The monoisotopic (exact) mass is 523 g/mol. The van der Waals surface area contributed by atoms with E-state index in [0.29, 0.717) is 30.8 Å². The molecule has 4 amide bonds. The van der Waals surface area contributed by atoms with Crippen LogP contribution in [-0.4, -0.2) is 76.3 Å². The number of unbranched alkanes of at least 4 members (excludes halogenated alkanes) is 1. The Hall–Kier alpha value is -4.26. The van der Waals surface area contributed by atoms with Gasteiger partial charge in [0.25, 0.3) is 5.56 Å². The highest BCUT2D eigenvalue weighted by molar-refractivity contribution is 6.20. The molecule has 0 saturated carbocycles. The number of carbonyl (C=O) groups is 3. The molecule has 2 fully saturated rings. The van der Waals surface area contributed by atoms with Crippen molar-refractivity contribution in [1.29, 1.82) is 0 Å². The molecule has 0 bridgehead atoms. The second kappa shape index (κ2) is 9.56.